The molecule has 0 radical (unpaired) electrons. The predicted octanol–water partition coefficient (Wildman–Crippen LogP) is 4.66. The molecule has 2 aromatic carbocycles. The number of halogens is 2. The van der Waals surface area contributed by atoms with Crippen molar-refractivity contribution in [3.63, 3.8) is 0 Å². The monoisotopic (exact) mass is 453 g/mol. The second kappa shape index (κ2) is 10.0. The fraction of sp³-hybridized carbons (Fsp3) is 0.0909. The zero-order valence-electron chi connectivity index (χ0n) is 16.6. The zero-order chi connectivity index (χ0) is 22.3. The molecule has 10 heteroatoms. The third kappa shape index (κ3) is 5.09. The van der Waals surface area contributed by atoms with Gasteiger partial charge in [-0.3, -0.25) is 14.3 Å². The molecular formula is C22H17F2N5O2S. The van der Waals surface area contributed by atoms with E-state index in [-0.39, 0.29) is 17.2 Å². The van der Waals surface area contributed by atoms with Gasteiger partial charge in [0.15, 0.2) is 11.0 Å². The van der Waals surface area contributed by atoms with E-state index >= 15 is 0 Å². The molecule has 0 aliphatic carbocycles. The van der Waals surface area contributed by atoms with Crippen LogP contribution < -0.4 is 10.1 Å². The Kier molecular flexibility index (Phi) is 6.71. The second-order valence-electron chi connectivity index (χ2n) is 6.42. The molecule has 162 valence electrons. The fourth-order valence-electron chi connectivity index (χ4n) is 2.95. The summed E-state index contributed by atoms with van der Waals surface area (Å²) < 4.78 is 31.5. The molecule has 0 unspecified atom stereocenters. The number of carbonyl (C=O) groups is 1. The lowest BCUT2D eigenvalue weighted by molar-refractivity contribution is -0.113. The number of anilines is 1. The van der Waals surface area contributed by atoms with Crippen molar-refractivity contribution in [2.45, 2.75) is 11.8 Å². The van der Waals surface area contributed by atoms with Gasteiger partial charge in [-0.15, -0.1) is 10.2 Å². The SMILES string of the molecule is O=C(CSc1nnc(-c2ccncc2)n1-c1ccccc1)Nc1ccccc1OC(F)F. The van der Waals surface area contributed by atoms with Crippen LogP contribution in [0.15, 0.2) is 84.3 Å². The summed E-state index contributed by atoms with van der Waals surface area (Å²) in [5, 5.41) is 11.7. The standard InChI is InChI=1S/C22H17F2N5O2S/c23-21(24)31-18-9-5-4-8-17(18)26-19(30)14-32-22-28-27-20(15-10-12-25-13-11-15)29(22)16-6-2-1-3-7-16/h1-13,21H,14H2,(H,26,30). The normalized spacial score (nSPS) is 10.8. The van der Waals surface area contributed by atoms with Gasteiger partial charge in [0.2, 0.25) is 5.91 Å². The molecular weight excluding hydrogens is 436 g/mol. The number of aromatic nitrogens is 4. The Labute approximate surface area is 186 Å². The van der Waals surface area contributed by atoms with Gasteiger partial charge in [-0.25, -0.2) is 0 Å². The third-order valence-electron chi connectivity index (χ3n) is 4.30. The number of rotatable bonds is 8. The first-order valence-electron chi connectivity index (χ1n) is 9.49. The summed E-state index contributed by atoms with van der Waals surface area (Å²) in [6.07, 6.45) is 3.33. The van der Waals surface area contributed by atoms with E-state index in [2.05, 4.69) is 25.2 Å². The summed E-state index contributed by atoms with van der Waals surface area (Å²) in [5.74, 6) is 0.100. The van der Waals surface area contributed by atoms with Crippen molar-refractivity contribution < 1.29 is 18.3 Å². The molecule has 2 aromatic heterocycles. The van der Waals surface area contributed by atoms with E-state index in [1.54, 1.807) is 24.5 Å². The maximum absolute atomic E-state index is 12.6. The Morgan fingerprint density at radius 2 is 1.72 bits per heavy atom. The third-order valence-corrected chi connectivity index (χ3v) is 5.22. The van der Waals surface area contributed by atoms with E-state index in [1.807, 2.05) is 47.0 Å². The molecule has 1 amide bonds. The van der Waals surface area contributed by atoms with E-state index < -0.39 is 12.5 Å². The Bertz CT molecular complexity index is 1190. The molecule has 0 aliphatic heterocycles. The fourth-order valence-corrected chi connectivity index (χ4v) is 3.70. The van der Waals surface area contributed by atoms with Crippen LogP contribution in [0, 0.1) is 0 Å². The first kappa shape index (κ1) is 21.4. The van der Waals surface area contributed by atoms with Crippen LogP contribution in [0.3, 0.4) is 0 Å². The largest absolute Gasteiger partial charge is 0.433 e. The van der Waals surface area contributed by atoms with Crippen LogP contribution in [0.25, 0.3) is 17.1 Å². The number of pyridine rings is 1. The van der Waals surface area contributed by atoms with Gasteiger partial charge in [0.25, 0.3) is 0 Å². The van der Waals surface area contributed by atoms with Crippen LogP contribution in [0.4, 0.5) is 14.5 Å². The van der Waals surface area contributed by atoms with Gasteiger partial charge in [-0.2, -0.15) is 8.78 Å². The average molecular weight is 453 g/mol. The molecule has 0 spiro atoms. The van der Waals surface area contributed by atoms with Gasteiger partial charge in [-0.05, 0) is 36.4 Å². The number of nitrogens with zero attached hydrogens (tertiary/aromatic N) is 4. The van der Waals surface area contributed by atoms with Crippen molar-refractivity contribution in [3.05, 3.63) is 79.1 Å². The molecule has 4 rings (SSSR count). The lowest BCUT2D eigenvalue weighted by atomic mass is 10.2. The molecule has 7 nitrogen and oxygen atoms in total. The van der Waals surface area contributed by atoms with Crippen molar-refractivity contribution in [2.24, 2.45) is 0 Å². The smallest absolute Gasteiger partial charge is 0.387 e. The predicted molar refractivity (Wildman–Crippen MR) is 117 cm³/mol. The van der Waals surface area contributed by atoms with Crippen molar-refractivity contribution in [1.29, 1.82) is 0 Å². The number of hydrogen-bond acceptors (Lipinski definition) is 6. The Balaban J connectivity index is 1.54. The van der Waals surface area contributed by atoms with Crippen molar-refractivity contribution in [3.8, 4) is 22.8 Å². The summed E-state index contributed by atoms with van der Waals surface area (Å²) >= 11 is 1.18. The highest BCUT2D eigenvalue weighted by atomic mass is 32.2. The molecule has 0 bridgehead atoms. The second-order valence-corrected chi connectivity index (χ2v) is 7.37. The lowest BCUT2D eigenvalue weighted by Crippen LogP contribution is -2.16. The quantitative estimate of drug-likeness (QED) is 0.391. The number of benzene rings is 2. The number of carbonyl (C=O) groups excluding carboxylic acids is 1. The van der Waals surface area contributed by atoms with E-state index in [1.165, 1.54) is 23.9 Å². The highest BCUT2D eigenvalue weighted by Gasteiger charge is 2.18. The van der Waals surface area contributed by atoms with Crippen molar-refractivity contribution in [1.82, 2.24) is 19.7 Å². The van der Waals surface area contributed by atoms with Crippen molar-refractivity contribution >= 4 is 23.4 Å². The maximum Gasteiger partial charge on any atom is 0.387 e. The molecule has 2 heterocycles. The number of nitrogens with one attached hydrogen (secondary N) is 1. The summed E-state index contributed by atoms with van der Waals surface area (Å²) in [5.41, 5.74) is 1.83. The van der Waals surface area contributed by atoms with Crippen LogP contribution in [0.2, 0.25) is 0 Å². The maximum atomic E-state index is 12.6. The van der Waals surface area contributed by atoms with E-state index in [0.29, 0.717) is 11.0 Å². The summed E-state index contributed by atoms with van der Waals surface area (Å²) in [6, 6.07) is 19.2. The molecule has 0 fully saturated rings. The summed E-state index contributed by atoms with van der Waals surface area (Å²) in [4.78, 5) is 16.5. The molecule has 1 N–H and O–H groups in total. The Hall–Kier alpha value is -3.79. The van der Waals surface area contributed by atoms with Crippen LogP contribution in [-0.2, 0) is 4.79 Å². The summed E-state index contributed by atoms with van der Waals surface area (Å²) in [7, 11) is 0. The summed E-state index contributed by atoms with van der Waals surface area (Å²) in [6.45, 7) is -2.99. The zero-order valence-corrected chi connectivity index (χ0v) is 17.4. The number of para-hydroxylation sites is 3. The van der Waals surface area contributed by atoms with E-state index in [0.717, 1.165) is 11.3 Å². The number of alkyl halides is 2. The van der Waals surface area contributed by atoms with Gasteiger partial charge in [0, 0.05) is 23.6 Å². The molecule has 0 saturated heterocycles. The van der Waals surface area contributed by atoms with Crippen LogP contribution in [0.5, 0.6) is 5.75 Å². The number of hydrogen-bond donors (Lipinski definition) is 1. The van der Waals surface area contributed by atoms with Gasteiger partial charge >= 0.3 is 6.61 Å². The van der Waals surface area contributed by atoms with Gasteiger partial charge in [-0.1, -0.05) is 42.1 Å². The van der Waals surface area contributed by atoms with Crippen molar-refractivity contribution in [2.75, 3.05) is 11.1 Å². The number of amides is 1. The topological polar surface area (TPSA) is 81.9 Å². The molecule has 0 saturated carbocycles. The van der Waals surface area contributed by atoms with Gasteiger partial charge < -0.3 is 10.1 Å². The van der Waals surface area contributed by atoms with Crippen LogP contribution in [-0.4, -0.2) is 38.0 Å². The first-order valence-corrected chi connectivity index (χ1v) is 10.5. The Morgan fingerprint density at radius 3 is 2.47 bits per heavy atom. The number of ether oxygens (including phenoxy) is 1. The van der Waals surface area contributed by atoms with Crippen LogP contribution >= 0.6 is 11.8 Å². The highest BCUT2D eigenvalue weighted by molar-refractivity contribution is 7.99. The molecule has 0 aliphatic rings. The Morgan fingerprint density at radius 1 is 1.00 bits per heavy atom. The molecule has 32 heavy (non-hydrogen) atoms. The highest BCUT2D eigenvalue weighted by Crippen LogP contribution is 2.29. The minimum absolute atomic E-state index is 0.00960. The minimum Gasteiger partial charge on any atom is -0.433 e. The molecule has 0 atom stereocenters. The number of thioether (sulfide) groups is 1. The average Bonchev–Trinajstić information content (AvgIpc) is 3.24. The first-order chi connectivity index (χ1) is 15.6. The van der Waals surface area contributed by atoms with Gasteiger partial charge in [0.05, 0.1) is 11.4 Å². The van der Waals surface area contributed by atoms with E-state index in [9.17, 15) is 13.6 Å². The minimum atomic E-state index is -2.99. The lowest BCUT2D eigenvalue weighted by Gasteiger charge is -2.12. The van der Waals surface area contributed by atoms with Crippen LogP contribution in [0.1, 0.15) is 0 Å². The van der Waals surface area contributed by atoms with Gasteiger partial charge in [0.1, 0.15) is 5.75 Å². The van der Waals surface area contributed by atoms with E-state index in [4.69, 9.17) is 0 Å². The molecule has 4 aromatic rings.